The molecule has 0 aliphatic carbocycles. The molecule has 0 unspecified atom stereocenters. The summed E-state index contributed by atoms with van der Waals surface area (Å²) in [6.45, 7) is 13.4. The average Bonchev–Trinajstić information content (AvgIpc) is 2.79. The summed E-state index contributed by atoms with van der Waals surface area (Å²) in [5.41, 5.74) is 1.16. The molecule has 120 valence electrons. The molecule has 1 rings (SSSR count). The van der Waals surface area contributed by atoms with Crippen molar-refractivity contribution in [3.63, 3.8) is 0 Å². The van der Waals surface area contributed by atoms with E-state index >= 15 is 0 Å². The van der Waals surface area contributed by atoms with Crippen LogP contribution >= 0.6 is 0 Å². The van der Waals surface area contributed by atoms with Gasteiger partial charge in [0.15, 0.2) is 0 Å². The molecule has 0 fully saturated rings. The van der Waals surface area contributed by atoms with E-state index in [1.165, 1.54) is 0 Å². The Hall–Kier alpha value is -1.39. The molecule has 1 aromatic heterocycles. The fourth-order valence-electron chi connectivity index (χ4n) is 2.16. The van der Waals surface area contributed by atoms with Crippen molar-refractivity contribution in [1.82, 2.24) is 20.3 Å². The SMILES string of the molecule is CC(C)(C)CCCCC(=O)NCc1cnnn1C(C)(C)C. The van der Waals surface area contributed by atoms with E-state index in [0.29, 0.717) is 18.4 Å². The minimum atomic E-state index is -0.122. The van der Waals surface area contributed by atoms with E-state index in [1.807, 2.05) is 4.68 Å². The summed E-state index contributed by atoms with van der Waals surface area (Å²) in [6, 6.07) is 0. The molecule has 0 radical (unpaired) electrons. The number of hydrogen-bond acceptors (Lipinski definition) is 3. The number of nitrogens with zero attached hydrogens (tertiary/aromatic N) is 3. The second-order valence-corrected chi connectivity index (χ2v) is 7.85. The molecule has 0 atom stereocenters. The second kappa shape index (κ2) is 7.05. The Bertz CT molecular complexity index is 452. The number of carbonyl (C=O) groups excluding carboxylic acids is 1. The van der Waals surface area contributed by atoms with Gasteiger partial charge in [-0.25, -0.2) is 4.68 Å². The van der Waals surface area contributed by atoms with Gasteiger partial charge in [-0.1, -0.05) is 32.4 Å². The van der Waals surface area contributed by atoms with Gasteiger partial charge < -0.3 is 5.32 Å². The molecular formula is C16H30N4O. The summed E-state index contributed by atoms with van der Waals surface area (Å²) in [7, 11) is 0. The highest BCUT2D eigenvalue weighted by Gasteiger charge is 2.18. The van der Waals surface area contributed by atoms with Gasteiger partial charge in [-0.15, -0.1) is 5.10 Å². The van der Waals surface area contributed by atoms with Crippen LogP contribution in [-0.2, 0) is 16.9 Å². The molecular weight excluding hydrogens is 264 g/mol. The summed E-state index contributed by atoms with van der Waals surface area (Å²) in [6.07, 6.45) is 5.50. The number of unbranched alkanes of at least 4 members (excludes halogenated alkanes) is 1. The Morgan fingerprint density at radius 2 is 1.86 bits per heavy atom. The van der Waals surface area contributed by atoms with E-state index in [0.717, 1.165) is 25.0 Å². The molecule has 0 aliphatic heterocycles. The fourth-order valence-corrected chi connectivity index (χ4v) is 2.16. The van der Waals surface area contributed by atoms with Crippen LogP contribution in [0, 0.1) is 5.41 Å². The van der Waals surface area contributed by atoms with E-state index in [-0.39, 0.29) is 11.4 Å². The van der Waals surface area contributed by atoms with Crippen molar-refractivity contribution >= 4 is 5.91 Å². The van der Waals surface area contributed by atoms with Crippen LogP contribution < -0.4 is 5.32 Å². The lowest BCUT2D eigenvalue weighted by molar-refractivity contribution is -0.121. The van der Waals surface area contributed by atoms with Crippen LogP contribution in [0.25, 0.3) is 0 Å². The van der Waals surface area contributed by atoms with Crippen molar-refractivity contribution in [2.75, 3.05) is 0 Å². The third-order valence-electron chi connectivity index (χ3n) is 3.30. The van der Waals surface area contributed by atoms with Gasteiger partial charge in [-0.05, 0) is 39.0 Å². The van der Waals surface area contributed by atoms with E-state index in [4.69, 9.17) is 0 Å². The van der Waals surface area contributed by atoms with Crippen LogP contribution in [0.5, 0.6) is 0 Å². The van der Waals surface area contributed by atoms with Crippen molar-refractivity contribution in [2.45, 2.75) is 79.3 Å². The zero-order valence-corrected chi connectivity index (χ0v) is 14.4. The normalized spacial score (nSPS) is 12.5. The van der Waals surface area contributed by atoms with Crippen LogP contribution in [0.3, 0.4) is 0 Å². The first kappa shape index (κ1) is 17.7. The average molecular weight is 294 g/mol. The molecule has 5 nitrogen and oxygen atoms in total. The Kier molecular flexibility index (Phi) is 5.93. The van der Waals surface area contributed by atoms with Gasteiger partial charge in [0.1, 0.15) is 0 Å². The van der Waals surface area contributed by atoms with Gasteiger partial charge in [-0.2, -0.15) is 0 Å². The maximum absolute atomic E-state index is 11.9. The lowest BCUT2D eigenvalue weighted by Crippen LogP contribution is -2.29. The lowest BCUT2D eigenvalue weighted by atomic mass is 9.89. The summed E-state index contributed by atoms with van der Waals surface area (Å²) in [4.78, 5) is 11.9. The quantitative estimate of drug-likeness (QED) is 0.819. The van der Waals surface area contributed by atoms with E-state index in [2.05, 4.69) is 57.2 Å². The van der Waals surface area contributed by atoms with E-state index in [9.17, 15) is 4.79 Å². The van der Waals surface area contributed by atoms with Crippen LogP contribution in [0.15, 0.2) is 6.20 Å². The van der Waals surface area contributed by atoms with Crippen LogP contribution in [0.4, 0.5) is 0 Å². The molecule has 0 saturated carbocycles. The first-order valence-corrected chi connectivity index (χ1v) is 7.76. The molecule has 1 aromatic rings. The number of rotatable bonds is 6. The van der Waals surface area contributed by atoms with Gasteiger partial charge in [0, 0.05) is 6.42 Å². The maximum Gasteiger partial charge on any atom is 0.220 e. The van der Waals surface area contributed by atoms with Gasteiger partial charge in [0.05, 0.1) is 24.0 Å². The van der Waals surface area contributed by atoms with Gasteiger partial charge in [0.2, 0.25) is 5.91 Å². The summed E-state index contributed by atoms with van der Waals surface area (Å²) < 4.78 is 1.85. The Labute approximate surface area is 128 Å². The zero-order chi connectivity index (χ0) is 16.1. The molecule has 21 heavy (non-hydrogen) atoms. The number of nitrogens with one attached hydrogen (secondary N) is 1. The molecule has 1 amide bonds. The molecule has 0 saturated heterocycles. The number of carbonyl (C=O) groups is 1. The first-order valence-electron chi connectivity index (χ1n) is 7.76. The van der Waals surface area contributed by atoms with Gasteiger partial charge >= 0.3 is 0 Å². The standard InChI is InChI=1S/C16H30N4O/c1-15(2,3)10-8-7-9-14(21)17-11-13-12-18-19-20(13)16(4,5)6/h12H,7-11H2,1-6H3,(H,17,21). The lowest BCUT2D eigenvalue weighted by Gasteiger charge is -2.21. The largest absolute Gasteiger partial charge is 0.350 e. The van der Waals surface area contributed by atoms with Crippen molar-refractivity contribution in [3.8, 4) is 0 Å². The predicted molar refractivity (Wildman–Crippen MR) is 84.8 cm³/mol. The van der Waals surface area contributed by atoms with E-state index < -0.39 is 0 Å². The maximum atomic E-state index is 11.9. The summed E-state index contributed by atoms with van der Waals surface area (Å²) in [5, 5.41) is 11.0. The number of aromatic nitrogens is 3. The fraction of sp³-hybridized carbons (Fsp3) is 0.812. The van der Waals surface area contributed by atoms with Gasteiger partial charge in [0.25, 0.3) is 0 Å². The Balaban J connectivity index is 2.33. The zero-order valence-electron chi connectivity index (χ0n) is 14.4. The van der Waals surface area contributed by atoms with Crippen molar-refractivity contribution < 1.29 is 4.79 Å². The summed E-state index contributed by atoms with van der Waals surface area (Å²) >= 11 is 0. The molecule has 1 N–H and O–H groups in total. The third kappa shape index (κ3) is 6.74. The Morgan fingerprint density at radius 3 is 2.43 bits per heavy atom. The van der Waals surface area contributed by atoms with Crippen LogP contribution in [-0.4, -0.2) is 20.9 Å². The van der Waals surface area contributed by atoms with Crippen molar-refractivity contribution in [1.29, 1.82) is 0 Å². The molecule has 0 aliphatic rings. The Morgan fingerprint density at radius 1 is 1.19 bits per heavy atom. The highest BCUT2D eigenvalue weighted by atomic mass is 16.1. The first-order chi connectivity index (χ1) is 9.59. The molecule has 1 heterocycles. The molecule has 5 heteroatoms. The minimum absolute atomic E-state index is 0.102. The second-order valence-electron chi connectivity index (χ2n) is 7.85. The minimum Gasteiger partial charge on any atom is -0.350 e. The number of amides is 1. The summed E-state index contributed by atoms with van der Waals surface area (Å²) in [5.74, 6) is 0.102. The highest BCUT2D eigenvalue weighted by Crippen LogP contribution is 2.22. The smallest absolute Gasteiger partial charge is 0.220 e. The van der Waals surface area contributed by atoms with E-state index in [1.54, 1.807) is 6.20 Å². The number of hydrogen-bond donors (Lipinski definition) is 1. The van der Waals surface area contributed by atoms with Crippen molar-refractivity contribution in [3.05, 3.63) is 11.9 Å². The molecule has 0 bridgehead atoms. The highest BCUT2D eigenvalue weighted by molar-refractivity contribution is 5.75. The molecule has 0 aromatic carbocycles. The monoisotopic (exact) mass is 294 g/mol. The topological polar surface area (TPSA) is 59.8 Å². The molecule has 0 spiro atoms. The predicted octanol–water partition coefficient (Wildman–Crippen LogP) is 3.26. The van der Waals surface area contributed by atoms with Crippen molar-refractivity contribution in [2.24, 2.45) is 5.41 Å². The van der Waals surface area contributed by atoms with Crippen LogP contribution in [0.1, 0.15) is 72.9 Å². The third-order valence-corrected chi connectivity index (χ3v) is 3.30. The van der Waals surface area contributed by atoms with Crippen LogP contribution in [0.2, 0.25) is 0 Å². The van der Waals surface area contributed by atoms with Gasteiger partial charge in [-0.3, -0.25) is 4.79 Å².